The number of para-hydroxylation sites is 1. The highest BCUT2D eigenvalue weighted by molar-refractivity contribution is 5.66. The standard InChI is InChI=1S/C17H20N4/c18-15-11-16(20-17(19-15)13-8-9-13)21-10-4-3-6-12-5-1-2-7-14(12)21/h1-2,5,7,11,13H,3-4,6,8-10H2,(H2,18,19,20). The van der Waals surface area contributed by atoms with Crippen LogP contribution in [0.15, 0.2) is 30.3 Å². The average Bonchev–Trinajstić information content (AvgIpc) is 3.33. The highest BCUT2D eigenvalue weighted by atomic mass is 15.2. The molecule has 0 atom stereocenters. The number of hydrogen-bond acceptors (Lipinski definition) is 4. The van der Waals surface area contributed by atoms with E-state index in [9.17, 15) is 0 Å². The molecule has 2 aromatic rings. The molecule has 2 N–H and O–H groups in total. The van der Waals surface area contributed by atoms with Gasteiger partial charge in [0, 0.05) is 24.2 Å². The average molecular weight is 280 g/mol. The van der Waals surface area contributed by atoms with Crippen LogP contribution in [0.5, 0.6) is 0 Å². The summed E-state index contributed by atoms with van der Waals surface area (Å²) in [6, 6.07) is 10.5. The van der Waals surface area contributed by atoms with Crippen LogP contribution in [-0.4, -0.2) is 16.5 Å². The van der Waals surface area contributed by atoms with Crippen LogP contribution in [0.3, 0.4) is 0 Å². The molecule has 1 saturated carbocycles. The quantitative estimate of drug-likeness (QED) is 0.916. The van der Waals surface area contributed by atoms with E-state index < -0.39 is 0 Å². The second-order valence-corrected chi connectivity index (χ2v) is 6.02. The Bertz CT molecular complexity index is 664. The van der Waals surface area contributed by atoms with Gasteiger partial charge in [0.25, 0.3) is 0 Å². The second-order valence-electron chi connectivity index (χ2n) is 6.02. The lowest BCUT2D eigenvalue weighted by Gasteiger charge is -2.24. The van der Waals surface area contributed by atoms with Crippen LogP contribution in [0.2, 0.25) is 0 Å². The molecule has 0 amide bonds. The number of nitrogens with two attached hydrogens (primary N) is 1. The van der Waals surface area contributed by atoms with Gasteiger partial charge in [0.1, 0.15) is 17.5 Å². The molecular weight excluding hydrogens is 260 g/mol. The molecule has 108 valence electrons. The predicted octanol–water partition coefficient (Wildman–Crippen LogP) is 3.41. The van der Waals surface area contributed by atoms with E-state index in [4.69, 9.17) is 10.7 Å². The molecule has 1 fully saturated rings. The third-order valence-electron chi connectivity index (χ3n) is 4.33. The lowest BCUT2D eigenvalue weighted by atomic mass is 10.1. The molecule has 0 bridgehead atoms. The molecule has 0 spiro atoms. The van der Waals surface area contributed by atoms with Crippen molar-refractivity contribution in [1.29, 1.82) is 0 Å². The number of fused-ring (bicyclic) bond motifs is 1. The van der Waals surface area contributed by atoms with Gasteiger partial charge in [-0.15, -0.1) is 0 Å². The van der Waals surface area contributed by atoms with Gasteiger partial charge in [-0.05, 0) is 43.7 Å². The first kappa shape index (κ1) is 12.6. The van der Waals surface area contributed by atoms with E-state index in [-0.39, 0.29) is 0 Å². The van der Waals surface area contributed by atoms with Gasteiger partial charge in [-0.2, -0.15) is 0 Å². The smallest absolute Gasteiger partial charge is 0.138 e. The van der Waals surface area contributed by atoms with Crippen LogP contribution < -0.4 is 10.6 Å². The minimum absolute atomic E-state index is 0.523. The lowest BCUT2D eigenvalue weighted by Crippen LogP contribution is -2.20. The minimum atomic E-state index is 0.523. The van der Waals surface area contributed by atoms with Crippen LogP contribution >= 0.6 is 0 Å². The van der Waals surface area contributed by atoms with E-state index in [1.54, 1.807) is 0 Å². The van der Waals surface area contributed by atoms with Gasteiger partial charge in [0.2, 0.25) is 0 Å². The third-order valence-corrected chi connectivity index (χ3v) is 4.33. The molecule has 1 aromatic heterocycles. The minimum Gasteiger partial charge on any atom is -0.384 e. The Morgan fingerprint density at radius 2 is 1.95 bits per heavy atom. The fraction of sp³-hybridized carbons (Fsp3) is 0.412. The largest absolute Gasteiger partial charge is 0.384 e. The molecule has 0 unspecified atom stereocenters. The molecule has 4 heteroatoms. The fourth-order valence-electron chi connectivity index (χ4n) is 3.06. The zero-order chi connectivity index (χ0) is 14.2. The Hall–Kier alpha value is -2.10. The molecule has 2 heterocycles. The number of benzene rings is 1. The van der Waals surface area contributed by atoms with Gasteiger partial charge in [-0.25, -0.2) is 9.97 Å². The van der Waals surface area contributed by atoms with Crippen molar-refractivity contribution in [3.63, 3.8) is 0 Å². The normalized spacial score (nSPS) is 18.2. The van der Waals surface area contributed by atoms with Crippen LogP contribution in [0.4, 0.5) is 17.3 Å². The van der Waals surface area contributed by atoms with Crippen molar-refractivity contribution >= 4 is 17.3 Å². The number of hydrogen-bond donors (Lipinski definition) is 1. The maximum atomic E-state index is 6.01. The number of anilines is 3. The second kappa shape index (κ2) is 5.02. The zero-order valence-electron chi connectivity index (χ0n) is 12.1. The Kier molecular flexibility index (Phi) is 3.02. The number of aryl methyl sites for hydroxylation is 1. The lowest BCUT2D eigenvalue weighted by molar-refractivity contribution is 0.755. The summed E-state index contributed by atoms with van der Waals surface area (Å²) >= 11 is 0. The van der Waals surface area contributed by atoms with E-state index in [1.807, 2.05) is 6.07 Å². The van der Waals surface area contributed by atoms with E-state index in [0.717, 1.165) is 24.6 Å². The molecular formula is C17H20N4. The summed E-state index contributed by atoms with van der Waals surface area (Å²) in [5.41, 5.74) is 8.69. The van der Waals surface area contributed by atoms with Crippen molar-refractivity contribution in [3.8, 4) is 0 Å². The number of nitrogens with zero attached hydrogens (tertiary/aromatic N) is 3. The summed E-state index contributed by atoms with van der Waals surface area (Å²) in [5.74, 6) is 2.99. The predicted molar refractivity (Wildman–Crippen MR) is 84.8 cm³/mol. The molecule has 0 saturated heterocycles. The molecule has 1 aromatic carbocycles. The molecule has 1 aliphatic carbocycles. The number of rotatable bonds is 2. The van der Waals surface area contributed by atoms with Crippen LogP contribution in [0, 0.1) is 0 Å². The van der Waals surface area contributed by atoms with Crippen molar-refractivity contribution in [3.05, 3.63) is 41.7 Å². The molecule has 4 rings (SSSR count). The van der Waals surface area contributed by atoms with E-state index >= 15 is 0 Å². The first-order valence-electron chi connectivity index (χ1n) is 7.81. The topological polar surface area (TPSA) is 55.0 Å². The fourth-order valence-corrected chi connectivity index (χ4v) is 3.06. The third kappa shape index (κ3) is 2.46. The summed E-state index contributed by atoms with van der Waals surface area (Å²) in [4.78, 5) is 11.5. The Balaban J connectivity index is 1.78. The maximum absolute atomic E-state index is 6.01. The highest BCUT2D eigenvalue weighted by Crippen LogP contribution is 2.40. The number of nitrogen functional groups attached to an aromatic ring is 1. The van der Waals surface area contributed by atoms with E-state index in [2.05, 4.69) is 34.1 Å². The molecule has 21 heavy (non-hydrogen) atoms. The van der Waals surface area contributed by atoms with Crippen molar-refractivity contribution in [1.82, 2.24) is 9.97 Å². The summed E-state index contributed by atoms with van der Waals surface area (Å²) in [7, 11) is 0. The summed E-state index contributed by atoms with van der Waals surface area (Å²) in [6.45, 7) is 0.998. The monoisotopic (exact) mass is 280 g/mol. The van der Waals surface area contributed by atoms with Crippen LogP contribution in [0.25, 0.3) is 0 Å². The van der Waals surface area contributed by atoms with Crippen LogP contribution in [0.1, 0.15) is 43.0 Å². The van der Waals surface area contributed by atoms with Gasteiger partial charge >= 0.3 is 0 Å². The van der Waals surface area contributed by atoms with Crippen LogP contribution in [-0.2, 0) is 6.42 Å². The zero-order valence-corrected chi connectivity index (χ0v) is 12.1. The highest BCUT2D eigenvalue weighted by Gasteiger charge is 2.28. The van der Waals surface area contributed by atoms with Gasteiger partial charge < -0.3 is 10.6 Å². The molecule has 4 nitrogen and oxygen atoms in total. The van der Waals surface area contributed by atoms with Gasteiger partial charge in [0.05, 0.1) is 0 Å². The van der Waals surface area contributed by atoms with E-state index in [1.165, 1.54) is 36.9 Å². The summed E-state index contributed by atoms with van der Waals surface area (Å²) in [5, 5.41) is 0. The van der Waals surface area contributed by atoms with Gasteiger partial charge in [0.15, 0.2) is 0 Å². The van der Waals surface area contributed by atoms with Gasteiger partial charge in [-0.1, -0.05) is 18.2 Å². The molecule has 1 aliphatic heterocycles. The van der Waals surface area contributed by atoms with Crippen molar-refractivity contribution in [2.45, 2.75) is 38.0 Å². The summed E-state index contributed by atoms with van der Waals surface area (Å²) in [6.07, 6.45) is 5.93. The Morgan fingerprint density at radius 1 is 1.10 bits per heavy atom. The Labute approximate surface area is 125 Å². The Morgan fingerprint density at radius 3 is 2.81 bits per heavy atom. The molecule has 0 radical (unpaired) electrons. The first-order chi connectivity index (χ1) is 10.3. The summed E-state index contributed by atoms with van der Waals surface area (Å²) < 4.78 is 0. The first-order valence-corrected chi connectivity index (χ1v) is 7.81. The van der Waals surface area contributed by atoms with Gasteiger partial charge in [-0.3, -0.25) is 0 Å². The number of aromatic nitrogens is 2. The maximum Gasteiger partial charge on any atom is 0.138 e. The van der Waals surface area contributed by atoms with E-state index in [0.29, 0.717) is 11.7 Å². The van der Waals surface area contributed by atoms with Crippen molar-refractivity contribution in [2.24, 2.45) is 0 Å². The van der Waals surface area contributed by atoms with Crippen molar-refractivity contribution in [2.75, 3.05) is 17.2 Å². The SMILES string of the molecule is Nc1cc(N2CCCCc3ccccc32)nc(C2CC2)n1. The van der Waals surface area contributed by atoms with Crippen molar-refractivity contribution < 1.29 is 0 Å². The molecule has 2 aliphatic rings.